The quantitative estimate of drug-likeness (QED) is 0.854. The molecule has 1 aliphatic heterocycles. The Morgan fingerprint density at radius 2 is 2.25 bits per heavy atom. The van der Waals surface area contributed by atoms with Gasteiger partial charge in [-0.2, -0.15) is 0 Å². The molecule has 0 radical (unpaired) electrons. The van der Waals surface area contributed by atoms with Crippen LogP contribution in [0.3, 0.4) is 0 Å². The molecule has 0 aromatic rings. The molecule has 0 saturated carbocycles. The van der Waals surface area contributed by atoms with Crippen LogP contribution in [0.2, 0.25) is 0 Å². The van der Waals surface area contributed by atoms with Gasteiger partial charge < -0.3 is 10.8 Å². The van der Waals surface area contributed by atoms with E-state index in [2.05, 4.69) is 18.2 Å². The van der Waals surface area contributed by atoms with Gasteiger partial charge in [0.15, 0.2) is 0 Å². The second-order valence-corrected chi connectivity index (χ2v) is 4.66. The van der Waals surface area contributed by atoms with Crippen LogP contribution >= 0.6 is 11.3 Å². The molecule has 2 rings (SSSR count). The van der Waals surface area contributed by atoms with E-state index in [1.807, 2.05) is 11.4 Å². The van der Waals surface area contributed by atoms with E-state index in [0.717, 1.165) is 6.42 Å². The van der Waals surface area contributed by atoms with Crippen LogP contribution in [-0.2, 0) is 11.2 Å². The predicted molar refractivity (Wildman–Crippen MR) is 64.9 cm³/mol. The van der Waals surface area contributed by atoms with Crippen molar-refractivity contribution in [3.8, 4) is 10.4 Å². The summed E-state index contributed by atoms with van der Waals surface area (Å²) in [4.78, 5) is 11.8. The van der Waals surface area contributed by atoms with Crippen molar-refractivity contribution in [1.29, 1.82) is 0 Å². The van der Waals surface area contributed by atoms with Gasteiger partial charge in [-0.05, 0) is 29.3 Å². The first kappa shape index (κ1) is 11.1. The van der Waals surface area contributed by atoms with E-state index >= 15 is 0 Å². The maximum absolute atomic E-state index is 10.6. The zero-order chi connectivity index (χ0) is 11.5. The van der Waals surface area contributed by atoms with Gasteiger partial charge in [-0.3, -0.25) is 4.79 Å². The Morgan fingerprint density at radius 3 is 3.00 bits per heavy atom. The molecule has 3 nitrogen and oxygen atoms in total. The second kappa shape index (κ2) is 4.63. The third-order valence-electron chi connectivity index (χ3n) is 2.60. The number of hydrogen-bond donors (Lipinski definition) is 2. The minimum absolute atomic E-state index is 0.482. The summed E-state index contributed by atoms with van der Waals surface area (Å²) in [6, 6.07) is 7.42. The number of carbonyl (C=O) groups is 1. The summed E-state index contributed by atoms with van der Waals surface area (Å²) in [7, 11) is 0. The van der Waals surface area contributed by atoms with E-state index in [9.17, 15) is 4.79 Å². The topological polar surface area (TPSA) is 63.3 Å². The molecule has 1 unspecified atom stereocenters. The maximum Gasteiger partial charge on any atom is 0.320 e. The fourth-order valence-corrected chi connectivity index (χ4v) is 2.57. The number of carboxylic acids is 1. The number of rotatable bonds is 4. The molecular weight excluding hydrogens is 222 g/mol. The average molecular weight is 235 g/mol. The van der Waals surface area contributed by atoms with Crippen LogP contribution in [0.4, 0.5) is 0 Å². The highest BCUT2D eigenvalue weighted by Crippen LogP contribution is 2.32. The molecule has 1 heterocycles. The van der Waals surface area contributed by atoms with E-state index in [0.29, 0.717) is 6.42 Å². The van der Waals surface area contributed by atoms with Crippen molar-refractivity contribution in [2.45, 2.75) is 18.9 Å². The minimum Gasteiger partial charge on any atom is -0.480 e. The summed E-state index contributed by atoms with van der Waals surface area (Å²) in [6.45, 7) is 0. The van der Waals surface area contributed by atoms with Crippen LogP contribution in [0.15, 0.2) is 29.6 Å². The van der Waals surface area contributed by atoms with E-state index in [1.165, 1.54) is 16.0 Å². The third-order valence-corrected chi connectivity index (χ3v) is 3.63. The Bertz CT molecular complexity index is 466. The Balaban J connectivity index is 2.08. The van der Waals surface area contributed by atoms with Crippen molar-refractivity contribution in [1.82, 2.24) is 0 Å². The number of fused-ring (bicyclic) bond motifs is 1. The second-order valence-electron chi connectivity index (χ2n) is 3.74. The molecule has 16 heavy (non-hydrogen) atoms. The normalized spacial score (nSPS) is 12.8. The molecule has 0 amide bonds. The molecule has 0 bridgehead atoms. The monoisotopic (exact) mass is 235 g/mol. The summed E-state index contributed by atoms with van der Waals surface area (Å²) < 4.78 is 0. The van der Waals surface area contributed by atoms with Gasteiger partial charge >= 0.3 is 5.97 Å². The fourth-order valence-electron chi connectivity index (χ4n) is 1.68. The zero-order valence-corrected chi connectivity index (χ0v) is 9.54. The van der Waals surface area contributed by atoms with Crippen LogP contribution < -0.4 is 5.73 Å². The van der Waals surface area contributed by atoms with Gasteiger partial charge in [-0.15, -0.1) is 11.3 Å². The molecule has 0 saturated heterocycles. The lowest BCUT2D eigenvalue weighted by Crippen LogP contribution is -2.30. The number of hydrogen-bond acceptors (Lipinski definition) is 3. The lowest BCUT2D eigenvalue weighted by Gasteiger charge is -2.06. The first-order valence-electron chi connectivity index (χ1n) is 5.12. The van der Waals surface area contributed by atoms with Crippen LogP contribution in [0, 0.1) is 0 Å². The molecule has 0 fully saturated rings. The van der Waals surface area contributed by atoms with Crippen LogP contribution in [0.5, 0.6) is 0 Å². The van der Waals surface area contributed by atoms with Crippen molar-refractivity contribution in [2.24, 2.45) is 5.73 Å². The number of aliphatic carboxylic acids is 1. The van der Waals surface area contributed by atoms with Gasteiger partial charge in [0.05, 0.1) is 0 Å². The van der Waals surface area contributed by atoms with E-state index < -0.39 is 12.0 Å². The first-order chi connectivity index (χ1) is 7.68. The number of carboxylic acid groups (broad SMARTS) is 1. The summed E-state index contributed by atoms with van der Waals surface area (Å²) in [5.74, 6) is -0.931. The Morgan fingerprint density at radius 1 is 1.44 bits per heavy atom. The van der Waals surface area contributed by atoms with Gasteiger partial charge in [0.1, 0.15) is 6.04 Å². The Hall–Kier alpha value is -1.39. The van der Waals surface area contributed by atoms with Gasteiger partial charge in [0, 0.05) is 4.88 Å². The van der Waals surface area contributed by atoms with Crippen molar-refractivity contribution >= 4 is 17.3 Å². The van der Waals surface area contributed by atoms with Crippen molar-refractivity contribution in [2.75, 3.05) is 0 Å². The average Bonchev–Trinajstić information content (AvgIpc) is 2.69. The molecule has 2 aliphatic rings. The molecular formula is C12H13NO2S. The summed E-state index contributed by atoms with van der Waals surface area (Å²) in [5, 5.41) is 10.7. The van der Waals surface area contributed by atoms with E-state index in [1.54, 1.807) is 11.3 Å². The zero-order valence-electron chi connectivity index (χ0n) is 8.72. The summed E-state index contributed by atoms with van der Waals surface area (Å²) in [6.07, 6.45) is 1.20. The first-order valence-corrected chi connectivity index (χ1v) is 6.00. The molecule has 4 heteroatoms. The summed E-state index contributed by atoms with van der Waals surface area (Å²) >= 11 is 1.68. The molecule has 0 spiro atoms. The third kappa shape index (κ3) is 2.23. The Labute approximate surface area is 97.9 Å². The maximum atomic E-state index is 10.6. The standard InChI is InChI=1S/C12H13NO2S/c13-10(12(14)15)6-5-9-4-3-8-2-1-7-16-11(8)9/h1-4,7,10H,5-6,13H2,(H,14,15). The van der Waals surface area contributed by atoms with Gasteiger partial charge in [0.2, 0.25) is 0 Å². The molecule has 1 atom stereocenters. The van der Waals surface area contributed by atoms with Crippen molar-refractivity contribution < 1.29 is 9.90 Å². The predicted octanol–water partition coefficient (Wildman–Crippen LogP) is 2.20. The smallest absolute Gasteiger partial charge is 0.320 e. The van der Waals surface area contributed by atoms with Gasteiger partial charge in [-0.25, -0.2) is 0 Å². The largest absolute Gasteiger partial charge is 0.480 e. The molecule has 0 aromatic heterocycles. The molecule has 1 aliphatic carbocycles. The van der Waals surface area contributed by atoms with Crippen molar-refractivity contribution in [3.63, 3.8) is 0 Å². The van der Waals surface area contributed by atoms with E-state index in [-0.39, 0.29) is 0 Å². The van der Waals surface area contributed by atoms with Crippen LogP contribution in [-0.4, -0.2) is 17.1 Å². The Kier molecular flexibility index (Phi) is 3.22. The van der Waals surface area contributed by atoms with Gasteiger partial charge in [-0.1, -0.05) is 24.3 Å². The molecule has 3 N–H and O–H groups in total. The highest BCUT2D eigenvalue weighted by Gasteiger charge is 2.14. The lowest BCUT2D eigenvalue weighted by atomic mass is 10.1. The highest BCUT2D eigenvalue weighted by molar-refractivity contribution is 7.13. The highest BCUT2D eigenvalue weighted by atomic mass is 32.1. The molecule has 84 valence electrons. The fraction of sp³-hybridized carbons (Fsp3) is 0.250. The van der Waals surface area contributed by atoms with E-state index in [4.69, 9.17) is 10.8 Å². The van der Waals surface area contributed by atoms with Crippen LogP contribution in [0.25, 0.3) is 10.4 Å². The number of nitrogens with two attached hydrogens (primary N) is 1. The summed E-state index contributed by atoms with van der Waals surface area (Å²) in [5.41, 5.74) is 7.89. The minimum atomic E-state index is -0.931. The van der Waals surface area contributed by atoms with Crippen LogP contribution in [0.1, 0.15) is 12.0 Å². The lowest BCUT2D eigenvalue weighted by molar-refractivity contribution is -0.138. The number of aryl methyl sites for hydroxylation is 1. The molecule has 0 aromatic carbocycles. The van der Waals surface area contributed by atoms with Crippen molar-refractivity contribution in [3.05, 3.63) is 35.2 Å². The van der Waals surface area contributed by atoms with Gasteiger partial charge in [0.25, 0.3) is 0 Å². The SMILES string of the molecule is NC(CCc1ccc2cccsc1-2)C(=O)O.